The van der Waals surface area contributed by atoms with Crippen LogP contribution in [0.1, 0.15) is 34.6 Å². The van der Waals surface area contributed by atoms with Gasteiger partial charge >= 0.3 is 0 Å². The zero-order valence-electron chi connectivity index (χ0n) is 14.1. The van der Waals surface area contributed by atoms with Gasteiger partial charge in [0, 0.05) is 19.8 Å². The minimum atomic E-state index is -0.114. The maximum absolute atomic E-state index is 12.3. The van der Waals surface area contributed by atoms with Crippen LogP contribution >= 0.6 is 11.6 Å². The van der Waals surface area contributed by atoms with Crippen molar-refractivity contribution in [2.24, 2.45) is 7.05 Å². The molecule has 1 amide bonds. The van der Waals surface area contributed by atoms with Crippen LogP contribution < -0.4 is 5.32 Å². The van der Waals surface area contributed by atoms with Crippen molar-refractivity contribution in [3.05, 3.63) is 58.4 Å². The number of benzene rings is 1. The summed E-state index contributed by atoms with van der Waals surface area (Å²) in [5.74, 6) is -0.114. The molecule has 23 heavy (non-hydrogen) atoms. The van der Waals surface area contributed by atoms with E-state index < -0.39 is 0 Å². The van der Waals surface area contributed by atoms with Gasteiger partial charge in [-0.25, -0.2) is 0 Å². The van der Waals surface area contributed by atoms with Crippen molar-refractivity contribution in [2.75, 3.05) is 20.6 Å². The Morgan fingerprint density at radius 2 is 1.96 bits per heavy atom. The van der Waals surface area contributed by atoms with Crippen LogP contribution in [-0.2, 0) is 13.5 Å². The smallest absolute Gasteiger partial charge is 0.268 e. The molecule has 4 nitrogen and oxygen atoms in total. The highest BCUT2D eigenvalue weighted by atomic mass is 35.5. The summed E-state index contributed by atoms with van der Waals surface area (Å²) in [4.78, 5) is 14.4. The average Bonchev–Trinajstić information content (AvgIpc) is 2.86. The summed E-state index contributed by atoms with van der Waals surface area (Å²) >= 11 is 5.94. The summed E-state index contributed by atoms with van der Waals surface area (Å²) in [7, 11) is 5.85. The van der Waals surface area contributed by atoms with Crippen molar-refractivity contribution < 1.29 is 4.79 Å². The molecule has 1 aromatic heterocycles. The molecule has 1 N–H and O–H groups in total. The lowest BCUT2D eigenvalue weighted by atomic mass is 10.0. The van der Waals surface area contributed by atoms with E-state index in [0.717, 1.165) is 6.42 Å². The molecule has 0 bridgehead atoms. The van der Waals surface area contributed by atoms with E-state index in [-0.39, 0.29) is 11.9 Å². The molecule has 1 heterocycles. The van der Waals surface area contributed by atoms with E-state index in [0.29, 0.717) is 17.3 Å². The van der Waals surface area contributed by atoms with E-state index in [4.69, 9.17) is 11.6 Å². The quantitative estimate of drug-likeness (QED) is 0.881. The monoisotopic (exact) mass is 333 g/mol. The second kappa shape index (κ2) is 7.66. The van der Waals surface area contributed by atoms with Crippen molar-refractivity contribution in [3.63, 3.8) is 0 Å². The third-order valence-electron chi connectivity index (χ3n) is 4.06. The number of aryl methyl sites for hydroxylation is 2. The molecule has 0 aliphatic carbocycles. The van der Waals surface area contributed by atoms with Gasteiger partial charge in [-0.3, -0.25) is 4.79 Å². The molecule has 0 saturated carbocycles. The number of likely N-dealkylation sites (N-methyl/N-ethyl adjacent to an activating group) is 1. The Hall–Kier alpha value is -1.78. The van der Waals surface area contributed by atoms with Crippen LogP contribution in [0.3, 0.4) is 0 Å². The number of halogens is 1. The third-order valence-corrected chi connectivity index (χ3v) is 4.26. The minimum Gasteiger partial charge on any atom is -0.349 e. The molecular weight excluding hydrogens is 310 g/mol. The fourth-order valence-corrected chi connectivity index (χ4v) is 2.85. The number of nitrogens with one attached hydrogen (secondary N) is 1. The lowest BCUT2D eigenvalue weighted by molar-refractivity contribution is 0.0934. The predicted octanol–water partition coefficient (Wildman–Crippen LogP) is 3.27. The maximum Gasteiger partial charge on any atom is 0.268 e. The topological polar surface area (TPSA) is 37.3 Å². The van der Waals surface area contributed by atoms with Gasteiger partial charge in [-0.15, -0.1) is 0 Å². The number of nitrogens with zero attached hydrogens (tertiary/aromatic N) is 2. The van der Waals surface area contributed by atoms with Gasteiger partial charge in [0.1, 0.15) is 5.69 Å². The average molecular weight is 334 g/mol. The highest BCUT2D eigenvalue weighted by Crippen LogP contribution is 2.19. The summed E-state index contributed by atoms with van der Waals surface area (Å²) in [5.41, 5.74) is 3.07. The summed E-state index contributed by atoms with van der Waals surface area (Å²) in [5, 5.41) is 3.57. The molecule has 2 aromatic rings. The van der Waals surface area contributed by atoms with Gasteiger partial charge < -0.3 is 14.8 Å². The second-order valence-corrected chi connectivity index (χ2v) is 6.38. The van der Waals surface area contributed by atoms with Gasteiger partial charge in [-0.1, -0.05) is 42.8 Å². The van der Waals surface area contributed by atoms with Crippen LogP contribution in [0, 0.1) is 0 Å². The molecule has 5 heteroatoms. The van der Waals surface area contributed by atoms with Crippen LogP contribution in [0.15, 0.2) is 36.5 Å². The molecule has 0 saturated heterocycles. The Balaban J connectivity index is 2.07. The van der Waals surface area contributed by atoms with Gasteiger partial charge in [-0.2, -0.15) is 0 Å². The summed E-state index contributed by atoms with van der Waals surface area (Å²) in [6.45, 7) is 2.68. The van der Waals surface area contributed by atoms with E-state index in [9.17, 15) is 4.79 Å². The van der Waals surface area contributed by atoms with Crippen LogP contribution in [-0.4, -0.2) is 36.0 Å². The van der Waals surface area contributed by atoms with Gasteiger partial charge in [0.2, 0.25) is 0 Å². The fraction of sp³-hybridized carbons (Fsp3) is 0.389. The molecule has 0 aliphatic rings. The highest BCUT2D eigenvalue weighted by Gasteiger charge is 2.17. The maximum atomic E-state index is 12.3. The van der Waals surface area contributed by atoms with E-state index in [1.807, 2.05) is 21.1 Å². The lowest BCUT2D eigenvalue weighted by Crippen LogP contribution is -2.35. The van der Waals surface area contributed by atoms with E-state index in [1.165, 1.54) is 11.1 Å². The van der Waals surface area contributed by atoms with Gasteiger partial charge in [0.05, 0.1) is 11.1 Å². The second-order valence-electron chi connectivity index (χ2n) is 5.94. The van der Waals surface area contributed by atoms with Gasteiger partial charge in [-0.05, 0) is 37.7 Å². The molecule has 2 rings (SSSR count). The summed E-state index contributed by atoms with van der Waals surface area (Å²) < 4.78 is 1.73. The Bertz CT molecular complexity index is 661. The number of carbonyl (C=O) groups excluding carboxylic acids is 1. The molecule has 0 radical (unpaired) electrons. The first-order chi connectivity index (χ1) is 10.9. The number of aromatic nitrogens is 1. The Morgan fingerprint density at radius 3 is 2.43 bits per heavy atom. The predicted molar refractivity (Wildman–Crippen MR) is 95.0 cm³/mol. The van der Waals surface area contributed by atoms with E-state index in [1.54, 1.807) is 16.8 Å². The van der Waals surface area contributed by atoms with E-state index in [2.05, 4.69) is 41.4 Å². The lowest BCUT2D eigenvalue weighted by Gasteiger charge is -2.25. The largest absolute Gasteiger partial charge is 0.349 e. The number of amides is 1. The zero-order chi connectivity index (χ0) is 17.0. The normalized spacial score (nSPS) is 12.4. The molecular formula is C18H24ClN3O. The zero-order valence-corrected chi connectivity index (χ0v) is 14.9. The Morgan fingerprint density at radius 1 is 1.30 bits per heavy atom. The third kappa shape index (κ3) is 4.36. The molecule has 0 fully saturated rings. The molecule has 1 aromatic carbocycles. The molecule has 124 valence electrons. The number of carbonyl (C=O) groups is 1. The van der Waals surface area contributed by atoms with E-state index >= 15 is 0 Å². The van der Waals surface area contributed by atoms with Crippen molar-refractivity contribution in [3.8, 4) is 0 Å². The van der Waals surface area contributed by atoms with Crippen LogP contribution in [0.4, 0.5) is 0 Å². The first kappa shape index (κ1) is 17.6. The van der Waals surface area contributed by atoms with Crippen LogP contribution in [0.25, 0.3) is 0 Å². The summed E-state index contributed by atoms with van der Waals surface area (Å²) in [6.07, 6.45) is 2.75. The molecule has 1 unspecified atom stereocenters. The van der Waals surface area contributed by atoms with Crippen molar-refractivity contribution in [2.45, 2.75) is 19.4 Å². The van der Waals surface area contributed by atoms with Crippen molar-refractivity contribution >= 4 is 17.5 Å². The van der Waals surface area contributed by atoms with Gasteiger partial charge in [0.15, 0.2) is 0 Å². The fourth-order valence-electron chi connectivity index (χ4n) is 2.60. The Labute approximate surface area is 143 Å². The standard InChI is InChI=1S/C18H24ClN3O/c1-5-13-6-8-14(9-7-13)17(21(2)3)11-20-18(23)16-10-15(19)12-22(16)4/h6-10,12,17H,5,11H2,1-4H3,(H,20,23). The van der Waals surface area contributed by atoms with Crippen molar-refractivity contribution in [1.29, 1.82) is 0 Å². The first-order valence-electron chi connectivity index (χ1n) is 7.77. The molecule has 0 spiro atoms. The molecule has 0 aliphatic heterocycles. The first-order valence-corrected chi connectivity index (χ1v) is 8.15. The van der Waals surface area contributed by atoms with Gasteiger partial charge in [0.25, 0.3) is 5.91 Å². The highest BCUT2D eigenvalue weighted by molar-refractivity contribution is 6.31. The van der Waals surface area contributed by atoms with Crippen LogP contribution in [0.2, 0.25) is 5.02 Å². The minimum absolute atomic E-state index is 0.114. The Kier molecular flexibility index (Phi) is 5.85. The van der Waals surface area contributed by atoms with Crippen molar-refractivity contribution in [1.82, 2.24) is 14.8 Å². The number of hydrogen-bond acceptors (Lipinski definition) is 2. The SMILES string of the molecule is CCc1ccc(C(CNC(=O)c2cc(Cl)cn2C)N(C)C)cc1. The number of hydrogen-bond donors (Lipinski definition) is 1. The summed E-state index contributed by atoms with van der Waals surface area (Å²) in [6, 6.07) is 10.4. The van der Waals surface area contributed by atoms with Crippen LogP contribution in [0.5, 0.6) is 0 Å². The number of rotatable bonds is 6. The molecule has 1 atom stereocenters.